The van der Waals surface area contributed by atoms with Crippen LogP contribution in [0.4, 0.5) is 4.79 Å². The van der Waals surface area contributed by atoms with Crippen molar-refractivity contribution in [1.29, 1.82) is 0 Å². The van der Waals surface area contributed by atoms with E-state index in [1.54, 1.807) is 6.07 Å². The van der Waals surface area contributed by atoms with Crippen molar-refractivity contribution >= 4 is 29.2 Å². The van der Waals surface area contributed by atoms with Gasteiger partial charge in [-0.1, -0.05) is 75.3 Å². The fourth-order valence-corrected chi connectivity index (χ4v) is 1.98. The van der Waals surface area contributed by atoms with Crippen molar-refractivity contribution in [3.05, 3.63) is 29.8 Å². The summed E-state index contributed by atoms with van der Waals surface area (Å²) in [6.07, 6.45) is 8.01. The molecule has 0 spiro atoms. The van der Waals surface area contributed by atoms with Gasteiger partial charge >= 0.3 is 23.1 Å². The summed E-state index contributed by atoms with van der Waals surface area (Å²) in [5.41, 5.74) is 0.982. The molecule has 0 heterocycles. The van der Waals surface area contributed by atoms with Gasteiger partial charge in [0.2, 0.25) is 6.16 Å². The Bertz CT molecular complexity index is 365. The van der Waals surface area contributed by atoms with Crippen molar-refractivity contribution in [3.63, 3.8) is 0 Å². The van der Waals surface area contributed by atoms with Crippen molar-refractivity contribution in [1.82, 2.24) is 0 Å². The summed E-state index contributed by atoms with van der Waals surface area (Å²) < 4.78 is 0. The average Bonchev–Trinajstić information content (AvgIpc) is 2.39. The number of para-hydroxylation sites is 1. The molecule has 1 N–H and O–H groups in total. The van der Waals surface area contributed by atoms with Gasteiger partial charge in [-0.2, -0.15) is 0 Å². The molecule has 21 heavy (non-hydrogen) atoms. The van der Waals surface area contributed by atoms with Crippen molar-refractivity contribution in [3.8, 4) is 5.75 Å². The van der Waals surface area contributed by atoms with Crippen LogP contribution < -0.4 is 10.2 Å². The minimum absolute atomic E-state index is 0. The van der Waals surface area contributed by atoms with Crippen LogP contribution in [0.15, 0.2) is 24.3 Å². The zero-order chi connectivity index (χ0) is 15.2. The van der Waals surface area contributed by atoms with Crippen LogP contribution >= 0.6 is 0 Å². The van der Waals surface area contributed by atoms with Gasteiger partial charge in [0.25, 0.3) is 0 Å². The molecule has 0 saturated heterocycles. The molecule has 0 aliphatic carbocycles. The van der Waals surface area contributed by atoms with E-state index >= 15 is 0 Å². The van der Waals surface area contributed by atoms with Gasteiger partial charge in [-0.3, -0.25) is 0 Å². The van der Waals surface area contributed by atoms with Gasteiger partial charge in [-0.05, 0) is 12.8 Å². The fraction of sp³-hybridized carbons (Fsp3) is 0.562. The third kappa shape index (κ3) is 15.3. The quantitative estimate of drug-likeness (QED) is 0.591. The molecule has 0 radical (unpaired) electrons. The molecule has 1 aromatic rings. The SMILES string of the molecule is CCCCCCCCCc1ccccc1[O-].O=C([O-])O.[Mg+2]. The van der Waals surface area contributed by atoms with Crippen LogP contribution in [0.2, 0.25) is 0 Å². The number of hydrogen-bond donors (Lipinski definition) is 1. The fourth-order valence-electron chi connectivity index (χ4n) is 1.98. The van der Waals surface area contributed by atoms with Gasteiger partial charge in [-0.25, -0.2) is 0 Å². The van der Waals surface area contributed by atoms with Crippen LogP contribution in [0.25, 0.3) is 0 Å². The molecule has 1 rings (SSSR count). The molecule has 0 aromatic heterocycles. The Morgan fingerprint density at radius 3 is 2.05 bits per heavy atom. The van der Waals surface area contributed by atoms with E-state index in [0.29, 0.717) is 0 Å². The third-order valence-corrected chi connectivity index (χ3v) is 3.02. The van der Waals surface area contributed by atoms with Crippen LogP contribution in [0, 0.1) is 0 Å². The number of unbranched alkanes of at least 4 members (excludes halogenated alkanes) is 6. The molecule has 0 saturated carbocycles. The minimum atomic E-state index is -2.08. The third-order valence-electron chi connectivity index (χ3n) is 3.02. The Morgan fingerprint density at radius 1 is 1.05 bits per heavy atom. The van der Waals surface area contributed by atoms with Crippen molar-refractivity contribution in [2.75, 3.05) is 0 Å². The van der Waals surface area contributed by atoms with Gasteiger partial charge in [0.1, 0.15) is 0 Å². The van der Waals surface area contributed by atoms with Crippen LogP contribution in [0.3, 0.4) is 0 Å². The molecule has 114 valence electrons. The van der Waals surface area contributed by atoms with Gasteiger partial charge in [-0.15, -0.1) is 5.75 Å². The molecule has 4 nitrogen and oxygen atoms in total. The predicted molar refractivity (Wildman–Crippen MR) is 81.4 cm³/mol. The molecular formula is C16H24MgO4. The molecular weight excluding hydrogens is 280 g/mol. The van der Waals surface area contributed by atoms with Crippen LogP contribution in [0.1, 0.15) is 57.4 Å². The first-order valence-corrected chi connectivity index (χ1v) is 7.22. The summed E-state index contributed by atoms with van der Waals surface area (Å²) in [6, 6.07) is 7.39. The molecule has 0 aliphatic heterocycles. The van der Waals surface area contributed by atoms with Crippen molar-refractivity contribution in [2.45, 2.75) is 58.3 Å². The first-order chi connectivity index (χ1) is 9.57. The summed E-state index contributed by atoms with van der Waals surface area (Å²) in [7, 11) is 0. The topological polar surface area (TPSA) is 83.4 Å². The van der Waals surface area contributed by atoms with Gasteiger partial charge in [0.15, 0.2) is 0 Å². The minimum Gasteiger partial charge on any atom is -0.872 e. The van der Waals surface area contributed by atoms with Crippen LogP contribution in [-0.2, 0) is 6.42 Å². The molecule has 0 fully saturated rings. The Kier molecular flexibility index (Phi) is 16.4. The largest absolute Gasteiger partial charge is 2.00 e. The van der Waals surface area contributed by atoms with E-state index in [2.05, 4.69) is 6.92 Å². The van der Waals surface area contributed by atoms with Crippen LogP contribution in [0.5, 0.6) is 5.75 Å². The average molecular weight is 305 g/mol. The maximum Gasteiger partial charge on any atom is 2.00 e. The van der Waals surface area contributed by atoms with Gasteiger partial charge < -0.3 is 20.1 Å². The Labute approximate surface area is 143 Å². The zero-order valence-corrected chi connectivity index (χ0v) is 14.3. The van der Waals surface area contributed by atoms with Crippen molar-refractivity contribution < 1.29 is 20.1 Å². The molecule has 0 aliphatic rings. The van der Waals surface area contributed by atoms with E-state index in [-0.39, 0.29) is 28.8 Å². The number of hydrogen-bond acceptors (Lipinski definition) is 3. The summed E-state index contributed by atoms with van der Waals surface area (Å²) in [5.74, 6) is 0.202. The number of aryl methyl sites for hydroxylation is 1. The standard InChI is InChI=1S/C15H24O.CH2O3.Mg/c1-2-3-4-5-6-7-8-11-14-12-9-10-13-15(14)16;2-1(3)4;/h9-10,12-13,16H,2-8,11H2,1H3;(H2,2,3,4);/q;;+2/p-2. The summed E-state index contributed by atoms with van der Waals surface area (Å²) in [4.78, 5) is 8.44. The zero-order valence-electron chi connectivity index (χ0n) is 12.8. The molecule has 1 aromatic carbocycles. The second-order valence-corrected chi connectivity index (χ2v) is 4.74. The Balaban J connectivity index is 0. The van der Waals surface area contributed by atoms with E-state index in [0.717, 1.165) is 18.4 Å². The number of carboxylic acid groups (broad SMARTS) is 2. The predicted octanol–water partition coefficient (Wildman–Crippen LogP) is 2.56. The monoisotopic (exact) mass is 304 g/mol. The molecule has 0 bridgehead atoms. The molecule has 0 amide bonds. The maximum absolute atomic E-state index is 11.4. The van der Waals surface area contributed by atoms with E-state index in [4.69, 9.17) is 15.0 Å². The first kappa shape index (κ1) is 22.3. The van der Waals surface area contributed by atoms with E-state index in [1.807, 2.05) is 18.2 Å². The van der Waals surface area contributed by atoms with E-state index < -0.39 is 6.16 Å². The van der Waals surface area contributed by atoms with Crippen LogP contribution in [-0.4, -0.2) is 34.3 Å². The Morgan fingerprint density at radius 2 is 1.52 bits per heavy atom. The van der Waals surface area contributed by atoms with Gasteiger partial charge in [0.05, 0.1) is 0 Å². The first-order valence-electron chi connectivity index (χ1n) is 7.22. The summed E-state index contributed by atoms with van der Waals surface area (Å²) in [6.45, 7) is 2.24. The van der Waals surface area contributed by atoms with E-state index in [9.17, 15) is 5.11 Å². The molecule has 5 heteroatoms. The smallest absolute Gasteiger partial charge is 0.872 e. The normalized spacial score (nSPS) is 9.19. The second kappa shape index (κ2) is 15.4. The number of carbonyl (C=O) groups is 1. The maximum atomic E-state index is 11.4. The summed E-state index contributed by atoms with van der Waals surface area (Å²) in [5, 5.41) is 26.7. The van der Waals surface area contributed by atoms with Gasteiger partial charge in [0, 0.05) is 0 Å². The van der Waals surface area contributed by atoms with Crippen molar-refractivity contribution in [2.24, 2.45) is 0 Å². The Hall–Kier alpha value is -0.944. The summed E-state index contributed by atoms with van der Waals surface area (Å²) >= 11 is 0. The number of benzene rings is 1. The number of rotatable bonds is 8. The molecule has 0 unspecified atom stereocenters. The second-order valence-electron chi connectivity index (χ2n) is 4.74. The van der Waals surface area contributed by atoms with E-state index in [1.165, 1.54) is 38.5 Å². The molecule has 0 atom stereocenters.